The molecule has 1 aromatic carbocycles. The van der Waals surface area contributed by atoms with E-state index in [2.05, 4.69) is 4.98 Å². The fraction of sp³-hybridized carbons (Fsp3) is 0.231. The van der Waals surface area contributed by atoms with Gasteiger partial charge in [0.15, 0.2) is 0 Å². The second-order valence-corrected chi connectivity index (χ2v) is 5.30. The third kappa shape index (κ3) is 3.94. The topological polar surface area (TPSA) is 44.1 Å². The molecule has 0 atom stereocenters. The van der Waals surface area contributed by atoms with Crippen molar-refractivity contribution >= 4 is 34.2 Å². The Morgan fingerprint density at radius 2 is 2.05 bits per heavy atom. The standard InChI is InChI=1S/C13H12ClIN2O2/c14-12-11(15)13(18)17(9-16-12)7-4-8-19-10-5-2-1-3-6-10/h1-3,5-6,9H,4,7-8H2. The second kappa shape index (κ2) is 6.91. The van der Waals surface area contributed by atoms with Crippen LogP contribution in [0.1, 0.15) is 6.42 Å². The molecule has 1 heterocycles. The zero-order valence-electron chi connectivity index (χ0n) is 10.1. The molecule has 6 heteroatoms. The van der Waals surface area contributed by atoms with Crippen LogP contribution in [0.4, 0.5) is 0 Å². The zero-order chi connectivity index (χ0) is 13.7. The van der Waals surface area contributed by atoms with Crippen molar-refractivity contribution in [2.75, 3.05) is 6.61 Å². The van der Waals surface area contributed by atoms with Crippen LogP contribution in [0.2, 0.25) is 5.15 Å². The molecule has 4 nitrogen and oxygen atoms in total. The summed E-state index contributed by atoms with van der Waals surface area (Å²) in [5.74, 6) is 0.832. The smallest absolute Gasteiger partial charge is 0.268 e. The van der Waals surface area contributed by atoms with E-state index in [1.807, 2.05) is 52.9 Å². The fourth-order valence-electron chi connectivity index (χ4n) is 1.54. The lowest BCUT2D eigenvalue weighted by molar-refractivity contribution is 0.300. The number of ether oxygens (including phenoxy) is 1. The number of hydrogen-bond acceptors (Lipinski definition) is 3. The van der Waals surface area contributed by atoms with Crippen LogP contribution in [-0.2, 0) is 6.54 Å². The number of aryl methyl sites for hydroxylation is 1. The molecule has 0 saturated carbocycles. The summed E-state index contributed by atoms with van der Waals surface area (Å²) < 4.78 is 7.55. The molecule has 0 aliphatic rings. The quantitative estimate of drug-likeness (QED) is 0.448. The summed E-state index contributed by atoms with van der Waals surface area (Å²) in [6.45, 7) is 1.11. The lowest BCUT2D eigenvalue weighted by Crippen LogP contribution is -2.24. The Bertz CT molecular complexity index is 601. The third-order valence-electron chi connectivity index (χ3n) is 2.50. The fourth-order valence-corrected chi connectivity index (χ4v) is 2.12. The maximum absolute atomic E-state index is 11.8. The Kier molecular flexibility index (Phi) is 5.21. The molecule has 0 unspecified atom stereocenters. The van der Waals surface area contributed by atoms with Crippen LogP contribution in [0.25, 0.3) is 0 Å². The normalized spacial score (nSPS) is 10.4. The van der Waals surface area contributed by atoms with E-state index < -0.39 is 0 Å². The van der Waals surface area contributed by atoms with Gasteiger partial charge in [0.05, 0.1) is 12.9 Å². The third-order valence-corrected chi connectivity index (χ3v) is 4.07. The van der Waals surface area contributed by atoms with E-state index in [4.69, 9.17) is 16.3 Å². The van der Waals surface area contributed by atoms with Gasteiger partial charge in [-0.25, -0.2) is 4.98 Å². The highest BCUT2D eigenvalue weighted by molar-refractivity contribution is 14.1. The molecule has 0 aliphatic heterocycles. The molecular weight excluding hydrogens is 379 g/mol. The SMILES string of the molecule is O=c1c(I)c(Cl)ncn1CCCOc1ccccc1. The molecule has 100 valence electrons. The molecule has 2 aromatic rings. The Morgan fingerprint density at radius 3 is 2.79 bits per heavy atom. The van der Waals surface area contributed by atoms with Crippen LogP contribution in [0.5, 0.6) is 5.75 Å². The van der Waals surface area contributed by atoms with Gasteiger partial charge in [-0.15, -0.1) is 0 Å². The summed E-state index contributed by atoms with van der Waals surface area (Å²) in [6, 6.07) is 9.59. The molecule has 0 radical (unpaired) electrons. The number of hydrogen-bond donors (Lipinski definition) is 0. The predicted octanol–water partition coefficient (Wildman–Crippen LogP) is 2.97. The van der Waals surface area contributed by atoms with Crippen molar-refractivity contribution in [1.82, 2.24) is 9.55 Å². The van der Waals surface area contributed by atoms with Gasteiger partial charge in [-0.2, -0.15) is 0 Å². The van der Waals surface area contributed by atoms with Crippen LogP contribution in [0.3, 0.4) is 0 Å². The van der Waals surface area contributed by atoms with E-state index in [-0.39, 0.29) is 10.7 Å². The van der Waals surface area contributed by atoms with Crippen molar-refractivity contribution in [2.24, 2.45) is 0 Å². The van der Waals surface area contributed by atoms with Crippen molar-refractivity contribution in [3.63, 3.8) is 0 Å². The highest BCUT2D eigenvalue weighted by Crippen LogP contribution is 2.10. The Morgan fingerprint density at radius 1 is 1.32 bits per heavy atom. The summed E-state index contributed by atoms with van der Waals surface area (Å²) in [5.41, 5.74) is -0.111. The van der Waals surface area contributed by atoms with Gasteiger partial charge in [0.1, 0.15) is 14.5 Å². The minimum absolute atomic E-state index is 0.111. The molecule has 0 fully saturated rings. The monoisotopic (exact) mass is 390 g/mol. The number of benzene rings is 1. The molecule has 0 amide bonds. The predicted molar refractivity (Wildman–Crippen MR) is 82.8 cm³/mol. The number of aromatic nitrogens is 2. The highest BCUT2D eigenvalue weighted by Gasteiger charge is 2.06. The molecule has 1 aromatic heterocycles. The second-order valence-electron chi connectivity index (χ2n) is 3.86. The maximum Gasteiger partial charge on any atom is 0.268 e. The Balaban J connectivity index is 1.87. The van der Waals surface area contributed by atoms with Gasteiger partial charge < -0.3 is 4.74 Å². The van der Waals surface area contributed by atoms with Crippen molar-refractivity contribution in [3.8, 4) is 5.75 Å². The number of rotatable bonds is 5. The molecule has 0 spiro atoms. The number of nitrogens with zero attached hydrogens (tertiary/aromatic N) is 2. The number of para-hydroxylation sites is 1. The van der Waals surface area contributed by atoms with Crippen molar-refractivity contribution in [2.45, 2.75) is 13.0 Å². The van der Waals surface area contributed by atoms with Gasteiger partial charge in [-0.05, 0) is 41.1 Å². The van der Waals surface area contributed by atoms with Crippen LogP contribution in [-0.4, -0.2) is 16.2 Å². The summed E-state index contributed by atoms with van der Waals surface area (Å²) >= 11 is 7.68. The molecule has 2 rings (SSSR count). The first-order chi connectivity index (χ1) is 9.18. The van der Waals surface area contributed by atoms with Crippen LogP contribution in [0, 0.1) is 3.57 Å². The van der Waals surface area contributed by atoms with E-state index in [0.717, 1.165) is 12.2 Å². The van der Waals surface area contributed by atoms with Crippen molar-refractivity contribution < 1.29 is 4.74 Å². The van der Waals surface area contributed by atoms with Crippen molar-refractivity contribution in [3.05, 3.63) is 55.7 Å². The first kappa shape index (κ1) is 14.3. The average Bonchev–Trinajstić information content (AvgIpc) is 2.44. The Labute approximate surface area is 129 Å². The Hall–Kier alpha value is -1.08. The summed E-state index contributed by atoms with van der Waals surface area (Å²) in [6.07, 6.45) is 2.20. The van der Waals surface area contributed by atoms with Crippen molar-refractivity contribution in [1.29, 1.82) is 0 Å². The van der Waals surface area contributed by atoms with Crippen LogP contribution >= 0.6 is 34.2 Å². The molecule has 0 saturated heterocycles. The summed E-state index contributed by atoms with van der Waals surface area (Å²) in [5, 5.41) is 0.252. The molecular formula is C13H12ClIN2O2. The van der Waals surface area contributed by atoms with Gasteiger partial charge >= 0.3 is 0 Å². The van der Waals surface area contributed by atoms with Crippen LogP contribution in [0.15, 0.2) is 41.5 Å². The highest BCUT2D eigenvalue weighted by atomic mass is 127. The minimum atomic E-state index is -0.111. The lowest BCUT2D eigenvalue weighted by Gasteiger charge is -2.08. The molecule has 0 aliphatic carbocycles. The molecule has 0 bridgehead atoms. The van der Waals surface area contributed by atoms with Gasteiger partial charge in [0, 0.05) is 6.54 Å². The first-order valence-electron chi connectivity index (χ1n) is 5.77. The van der Waals surface area contributed by atoms with E-state index in [1.54, 1.807) is 4.57 Å². The molecule has 19 heavy (non-hydrogen) atoms. The minimum Gasteiger partial charge on any atom is -0.494 e. The summed E-state index contributed by atoms with van der Waals surface area (Å²) in [7, 11) is 0. The zero-order valence-corrected chi connectivity index (χ0v) is 13.0. The average molecular weight is 391 g/mol. The maximum atomic E-state index is 11.8. The van der Waals surface area contributed by atoms with Gasteiger partial charge in [-0.3, -0.25) is 9.36 Å². The van der Waals surface area contributed by atoms with Gasteiger partial charge in [0.25, 0.3) is 5.56 Å². The van der Waals surface area contributed by atoms with E-state index in [9.17, 15) is 4.79 Å². The lowest BCUT2D eigenvalue weighted by atomic mass is 10.3. The summed E-state index contributed by atoms with van der Waals surface area (Å²) in [4.78, 5) is 15.8. The van der Waals surface area contributed by atoms with Crippen LogP contribution < -0.4 is 10.3 Å². The van der Waals surface area contributed by atoms with Gasteiger partial charge in [0.2, 0.25) is 0 Å². The van der Waals surface area contributed by atoms with E-state index in [1.165, 1.54) is 6.33 Å². The largest absolute Gasteiger partial charge is 0.494 e. The van der Waals surface area contributed by atoms with E-state index in [0.29, 0.717) is 16.7 Å². The van der Waals surface area contributed by atoms with Gasteiger partial charge in [-0.1, -0.05) is 29.8 Å². The molecule has 0 N–H and O–H groups in total. The first-order valence-corrected chi connectivity index (χ1v) is 7.22. The number of halogens is 2. The van der Waals surface area contributed by atoms with E-state index >= 15 is 0 Å².